The average Bonchev–Trinajstić information content (AvgIpc) is 2.56. The van der Waals surface area contributed by atoms with E-state index in [1.807, 2.05) is 6.92 Å². The number of nitrogens with zero attached hydrogens (tertiary/aromatic N) is 1. The Balaban J connectivity index is 2.05. The van der Waals surface area contributed by atoms with Gasteiger partial charge in [-0.2, -0.15) is 0 Å². The zero-order chi connectivity index (χ0) is 18.1. The highest BCUT2D eigenvalue weighted by atomic mass is 35.5. The molecule has 2 aromatic rings. The van der Waals surface area contributed by atoms with Crippen LogP contribution in [0.1, 0.15) is 11.1 Å². The van der Waals surface area contributed by atoms with Crippen molar-refractivity contribution in [2.45, 2.75) is 6.92 Å². The van der Waals surface area contributed by atoms with Gasteiger partial charge < -0.3 is 5.11 Å². The molecule has 0 bridgehead atoms. The van der Waals surface area contributed by atoms with E-state index in [0.29, 0.717) is 16.3 Å². The number of carbonyl (C=O) groups excluding carboxylic acids is 2. The van der Waals surface area contributed by atoms with Gasteiger partial charge >= 0.3 is 0 Å². The number of rotatable bonds is 2. The van der Waals surface area contributed by atoms with Gasteiger partial charge in [0.15, 0.2) is 5.11 Å². The Kier molecular flexibility index (Phi) is 4.57. The van der Waals surface area contributed by atoms with Gasteiger partial charge in [0, 0.05) is 10.6 Å². The lowest BCUT2D eigenvalue weighted by Gasteiger charge is -2.29. The van der Waals surface area contributed by atoms with E-state index in [1.165, 1.54) is 17.0 Å². The number of phenolic OH excluding ortho intramolecular Hbond substituents is 1. The van der Waals surface area contributed by atoms with Crippen molar-refractivity contribution in [2.75, 3.05) is 4.90 Å². The summed E-state index contributed by atoms with van der Waals surface area (Å²) in [6.07, 6.45) is 1.35. The maximum atomic E-state index is 12.8. The molecule has 2 N–H and O–H groups in total. The van der Waals surface area contributed by atoms with E-state index < -0.39 is 11.8 Å². The lowest BCUT2D eigenvalue weighted by Crippen LogP contribution is -2.54. The molecule has 3 rings (SSSR count). The fourth-order valence-corrected chi connectivity index (χ4v) is 2.83. The maximum absolute atomic E-state index is 12.8. The predicted molar refractivity (Wildman–Crippen MR) is 100 cm³/mol. The van der Waals surface area contributed by atoms with Crippen LogP contribution in [0.15, 0.2) is 48.0 Å². The number of thiocarbonyl (C=S) groups is 1. The Hall–Kier alpha value is -2.70. The molecule has 2 aromatic carbocycles. The smallest absolute Gasteiger partial charge is 0.270 e. The molecule has 0 unspecified atom stereocenters. The summed E-state index contributed by atoms with van der Waals surface area (Å²) in [5, 5.41) is 13.0. The largest absolute Gasteiger partial charge is 0.507 e. The first kappa shape index (κ1) is 17.1. The van der Waals surface area contributed by atoms with Gasteiger partial charge in [0.2, 0.25) is 0 Å². The quantitative estimate of drug-likeness (QED) is 0.482. The Labute approximate surface area is 154 Å². The van der Waals surface area contributed by atoms with Gasteiger partial charge in [-0.05, 0) is 61.6 Å². The van der Waals surface area contributed by atoms with Gasteiger partial charge in [0.25, 0.3) is 11.8 Å². The second kappa shape index (κ2) is 6.66. The van der Waals surface area contributed by atoms with Crippen LogP contribution in [-0.2, 0) is 9.59 Å². The second-order valence-electron chi connectivity index (χ2n) is 5.50. The van der Waals surface area contributed by atoms with Crippen LogP contribution in [0, 0.1) is 6.92 Å². The highest BCUT2D eigenvalue weighted by Gasteiger charge is 2.34. The average molecular weight is 373 g/mol. The van der Waals surface area contributed by atoms with E-state index in [4.69, 9.17) is 23.8 Å². The van der Waals surface area contributed by atoms with Crippen molar-refractivity contribution in [3.05, 3.63) is 64.2 Å². The number of benzene rings is 2. The summed E-state index contributed by atoms with van der Waals surface area (Å²) < 4.78 is 0. The zero-order valence-electron chi connectivity index (χ0n) is 13.1. The minimum atomic E-state index is -0.610. The molecule has 7 heteroatoms. The van der Waals surface area contributed by atoms with Gasteiger partial charge in [-0.25, -0.2) is 0 Å². The third-order valence-corrected chi connectivity index (χ3v) is 4.21. The number of halogens is 1. The summed E-state index contributed by atoms with van der Waals surface area (Å²) in [5.41, 5.74) is 1.63. The number of amides is 2. The molecule has 126 valence electrons. The molecular weight excluding hydrogens is 360 g/mol. The highest BCUT2D eigenvalue weighted by molar-refractivity contribution is 7.80. The number of hydrogen-bond acceptors (Lipinski definition) is 4. The molecule has 5 nitrogen and oxygen atoms in total. The molecule has 0 radical (unpaired) electrons. The maximum Gasteiger partial charge on any atom is 0.270 e. The first-order chi connectivity index (χ1) is 11.9. The monoisotopic (exact) mass is 372 g/mol. The van der Waals surface area contributed by atoms with Crippen LogP contribution in [0.5, 0.6) is 5.75 Å². The van der Waals surface area contributed by atoms with E-state index >= 15 is 0 Å². The zero-order valence-corrected chi connectivity index (χ0v) is 14.7. The molecular formula is C18H13ClN2O3S. The van der Waals surface area contributed by atoms with Gasteiger partial charge in [0.05, 0.1) is 5.69 Å². The van der Waals surface area contributed by atoms with Crippen molar-refractivity contribution in [2.24, 2.45) is 0 Å². The number of phenols is 1. The van der Waals surface area contributed by atoms with Crippen molar-refractivity contribution in [1.29, 1.82) is 0 Å². The number of carbonyl (C=O) groups is 2. The fraction of sp³-hybridized carbons (Fsp3) is 0.0556. The summed E-state index contributed by atoms with van der Waals surface area (Å²) in [4.78, 5) is 26.3. The van der Waals surface area contributed by atoms with Crippen LogP contribution in [0.4, 0.5) is 5.69 Å². The molecule has 0 atom stereocenters. The van der Waals surface area contributed by atoms with Crippen LogP contribution in [-0.4, -0.2) is 22.0 Å². The molecule has 1 heterocycles. The highest BCUT2D eigenvalue weighted by Crippen LogP contribution is 2.26. The molecule has 0 spiro atoms. The predicted octanol–water partition coefficient (Wildman–Crippen LogP) is 3.19. The third kappa shape index (κ3) is 3.40. The van der Waals surface area contributed by atoms with Crippen molar-refractivity contribution in [3.8, 4) is 5.75 Å². The van der Waals surface area contributed by atoms with E-state index in [1.54, 1.807) is 36.4 Å². The number of aromatic hydroxyl groups is 1. The number of hydrogen-bond donors (Lipinski definition) is 2. The van der Waals surface area contributed by atoms with Gasteiger partial charge in [-0.3, -0.25) is 19.8 Å². The first-order valence-electron chi connectivity index (χ1n) is 7.33. The normalized spacial score (nSPS) is 16.3. The summed E-state index contributed by atoms with van der Waals surface area (Å²) >= 11 is 11.0. The number of nitrogens with one attached hydrogen (secondary N) is 1. The summed E-state index contributed by atoms with van der Waals surface area (Å²) in [5.74, 6) is -1.21. The standard InChI is InChI=1S/C18H13ClN2O3S/c1-10-2-7-15(22)11(8-10)9-14-16(23)20-18(25)21(17(14)24)13-5-3-12(19)4-6-13/h2-9,22H,1H3,(H,20,23,25). The minimum Gasteiger partial charge on any atom is -0.507 e. The van der Waals surface area contributed by atoms with E-state index in [-0.39, 0.29) is 16.4 Å². The number of anilines is 1. The van der Waals surface area contributed by atoms with E-state index in [2.05, 4.69) is 5.32 Å². The summed E-state index contributed by atoms with van der Waals surface area (Å²) in [6.45, 7) is 1.85. The van der Waals surface area contributed by atoms with Crippen molar-refractivity contribution >= 4 is 52.5 Å². The lowest BCUT2D eigenvalue weighted by molar-refractivity contribution is -0.122. The van der Waals surface area contributed by atoms with Crippen LogP contribution in [0.25, 0.3) is 6.08 Å². The lowest BCUT2D eigenvalue weighted by atomic mass is 10.0. The Morgan fingerprint density at radius 3 is 2.52 bits per heavy atom. The molecule has 1 aliphatic rings. The molecule has 0 aliphatic carbocycles. The van der Waals surface area contributed by atoms with Crippen LogP contribution < -0.4 is 10.2 Å². The Bertz CT molecular complexity index is 922. The van der Waals surface area contributed by atoms with E-state index in [9.17, 15) is 14.7 Å². The topological polar surface area (TPSA) is 69.6 Å². The van der Waals surface area contributed by atoms with Crippen LogP contribution in [0.2, 0.25) is 5.02 Å². The molecule has 25 heavy (non-hydrogen) atoms. The molecule has 1 aliphatic heterocycles. The Morgan fingerprint density at radius 2 is 1.84 bits per heavy atom. The number of aryl methyl sites for hydroxylation is 1. The van der Waals surface area contributed by atoms with Crippen molar-refractivity contribution < 1.29 is 14.7 Å². The summed E-state index contributed by atoms with van der Waals surface area (Å²) in [7, 11) is 0. The molecule has 1 saturated heterocycles. The van der Waals surface area contributed by atoms with Crippen LogP contribution >= 0.6 is 23.8 Å². The molecule has 0 aromatic heterocycles. The Morgan fingerprint density at radius 1 is 1.16 bits per heavy atom. The second-order valence-corrected chi connectivity index (χ2v) is 6.32. The fourth-order valence-electron chi connectivity index (χ4n) is 2.43. The molecule has 1 fully saturated rings. The van der Waals surface area contributed by atoms with Crippen molar-refractivity contribution in [1.82, 2.24) is 5.32 Å². The first-order valence-corrected chi connectivity index (χ1v) is 8.12. The van der Waals surface area contributed by atoms with Crippen LogP contribution in [0.3, 0.4) is 0 Å². The minimum absolute atomic E-state index is 0.0112. The van der Waals surface area contributed by atoms with Gasteiger partial charge in [-0.15, -0.1) is 0 Å². The van der Waals surface area contributed by atoms with Gasteiger partial charge in [0.1, 0.15) is 11.3 Å². The van der Waals surface area contributed by atoms with E-state index in [0.717, 1.165) is 5.56 Å². The third-order valence-electron chi connectivity index (χ3n) is 3.67. The van der Waals surface area contributed by atoms with Crippen molar-refractivity contribution in [3.63, 3.8) is 0 Å². The molecule has 0 saturated carbocycles. The van der Waals surface area contributed by atoms with Gasteiger partial charge in [-0.1, -0.05) is 23.2 Å². The molecule has 2 amide bonds. The SMILES string of the molecule is Cc1ccc(O)c(C=C2C(=O)NC(=S)N(c3ccc(Cl)cc3)C2=O)c1. The summed E-state index contributed by atoms with van der Waals surface area (Å²) in [6, 6.07) is 11.4.